The third-order valence-electron chi connectivity index (χ3n) is 3.44. The number of aromatic amines is 1. The topological polar surface area (TPSA) is 84.7 Å². The van der Waals surface area contributed by atoms with Gasteiger partial charge in [-0.2, -0.15) is 4.98 Å². The van der Waals surface area contributed by atoms with Crippen LogP contribution in [0.5, 0.6) is 0 Å². The second-order valence-electron chi connectivity index (χ2n) is 5.03. The first-order valence-electron chi connectivity index (χ1n) is 6.95. The first-order valence-corrected chi connectivity index (χ1v) is 6.95. The molecule has 0 amide bonds. The van der Waals surface area contributed by atoms with E-state index < -0.39 is 5.69 Å². The van der Waals surface area contributed by atoms with Crippen LogP contribution in [0.15, 0.2) is 9.59 Å². The Morgan fingerprint density at radius 1 is 1.35 bits per heavy atom. The van der Waals surface area contributed by atoms with Gasteiger partial charge < -0.3 is 9.88 Å². The summed E-state index contributed by atoms with van der Waals surface area (Å²) >= 11 is 0. The summed E-state index contributed by atoms with van der Waals surface area (Å²) < 4.78 is 3.21. The number of rotatable bonds is 5. The van der Waals surface area contributed by atoms with Gasteiger partial charge in [0.15, 0.2) is 11.2 Å². The molecule has 1 atom stereocenters. The quantitative estimate of drug-likeness (QED) is 0.856. The van der Waals surface area contributed by atoms with Crippen LogP contribution in [0.2, 0.25) is 0 Å². The Morgan fingerprint density at radius 3 is 2.65 bits per heavy atom. The van der Waals surface area contributed by atoms with Gasteiger partial charge in [0.2, 0.25) is 5.95 Å². The lowest BCUT2D eigenvalue weighted by Gasteiger charge is -2.13. The molecule has 7 nitrogen and oxygen atoms in total. The Bertz CT molecular complexity index is 725. The molecule has 0 unspecified atom stereocenters. The molecule has 2 rings (SSSR count). The molecule has 20 heavy (non-hydrogen) atoms. The highest BCUT2D eigenvalue weighted by Crippen LogP contribution is 2.17. The zero-order valence-electron chi connectivity index (χ0n) is 12.4. The molecule has 2 aromatic heterocycles. The van der Waals surface area contributed by atoms with Crippen molar-refractivity contribution in [2.24, 2.45) is 7.05 Å². The summed E-state index contributed by atoms with van der Waals surface area (Å²) in [6.07, 6.45) is 1.83. The molecule has 110 valence electrons. The summed E-state index contributed by atoms with van der Waals surface area (Å²) in [5.74, 6) is 0.642. The summed E-state index contributed by atoms with van der Waals surface area (Å²) in [6.45, 7) is 6.84. The first-order chi connectivity index (χ1) is 9.49. The monoisotopic (exact) mass is 279 g/mol. The summed E-state index contributed by atoms with van der Waals surface area (Å²) in [7, 11) is 1.61. The van der Waals surface area contributed by atoms with Crippen molar-refractivity contribution in [2.75, 3.05) is 5.32 Å². The van der Waals surface area contributed by atoms with Crippen molar-refractivity contribution in [1.29, 1.82) is 0 Å². The fraction of sp³-hybridized carbons (Fsp3) is 0.615. The molecule has 0 aromatic carbocycles. The normalized spacial score (nSPS) is 12.8. The zero-order valence-corrected chi connectivity index (χ0v) is 12.4. The second-order valence-corrected chi connectivity index (χ2v) is 5.03. The Morgan fingerprint density at radius 2 is 2.05 bits per heavy atom. The standard InChI is InChI=1S/C13H21N5O2/c1-5-7-18-9-10(15-12(18)14-8(3)6-2)17(4)13(20)16-11(9)19/h8H,5-7H2,1-4H3,(H,14,15)(H,16,19,20)/t8-/m0/s1. The number of nitrogens with one attached hydrogen (secondary N) is 2. The van der Waals surface area contributed by atoms with E-state index in [0.717, 1.165) is 12.8 Å². The average Bonchev–Trinajstić information content (AvgIpc) is 2.76. The minimum Gasteiger partial charge on any atom is -0.353 e. The number of anilines is 1. The van der Waals surface area contributed by atoms with Crippen LogP contribution in [0.1, 0.15) is 33.6 Å². The Labute approximate surface area is 116 Å². The smallest absolute Gasteiger partial charge is 0.329 e. The van der Waals surface area contributed by atoms with Crippen LogP contribution in [0.3, 0.4) is 0 Å². The van der Waals surface area contributed by atoms with Gasteiger partial charge in [-0.3, -0.25) is 14.3 Å². The number of aryl methyl sites for hydroxylation is 2. The first kappa shape index (κ1) is 14.4. The molecule has 0 aliphatic heterocycles. The maximum atomic E-state index is 12.1. The molecule has 0 saturated heterocycles. The van der Waals surface area contributed by atoms with E-state index in [1.54, 1.807) is 7.05 Å². The van der Waals surface area contributed by atoms with Crippen molar-refractivity contribution in [3.63, 3.8) is 0 Å². The van der Waals surface area contributed by atoms with Gasteiger partial charge >= 0.3 is 5.69 Å². The highest BCUT2D eigenvalue weighted by atomic mass is 16.2. The van der Waals surface area contributed by atoms with E-state index in [4.69, 9.17) is 0 Å². The minimum atomic E-state index is -0.446. The molecule has 7 heteroatoms. The van der Waals surface area contributed by atoms with Crippen LogP contribution < -0.4 is 16.6 Å². The second kappa shape index (κ2) is 5.52. The van der Waals surface area contributed by atoms with Crippen LogP contribution in [-0.4, -0.2) is 25.1 Å². The van der Waals surface area contributed by atoms with Gasteiger partial charge in [-0.1, -0.05) is 13.8 Å². The van der Waals surface area contributed by atoms with Crippen molar-refractivity contribution in [2.45, 2.75) is 46.2 Å². The maximum absolute atomic E-state index is 12.1. The van der Waals surface area contributed by atoms with Gasteiger partial charge in [0.05, 0.1) is 0 Å². The highest BCUT2D eigenvalue weighted by molar-refractivity contribution is 5.74. The molecule has 0 aliphatic rings. The molecule has 0 bridgehead atoms. The van der Waals surface area contributed by atoms with Crippen LogP contribution in [0.4, 0.5) is 5.95 Å². The number of nitrogens with zero attached hydrogens (tertiary/aromatic N) is 3. The molecular weight excluding hydrogens is 258 g/mol. The Balaban J connectivity index is 2.72. The molecule has 0 spiro atoms. The lowest BCUT2D eigenvalue weighted by Crippen LogP contribution is -2.29. The van der Waals surface area contributed by atoms with E-state index >= 15 is 0 Å². The molecule has 2 N–H and O–H groups in total. The van der Waals surface area contributed by atoms with E-state index in [-0.39, 0.29) is 11.6 Å². The third-order valence-corrected chi connectivity index (χ3v) is 3.44. The predicted molar refractivity (Wildman–Crippen MR) is 79.3 cm³/mol. The summed E-state index contributed by atoms with van der Waals surface area (Å²) in [5, 5.41) is 3.29. The predicted octanol–water partition coefficient (Wildman–Crippen LogP) is 1.04. The molecular formula is C13H21N5O2. The lowest BCUT2D eigenvalue weighted by atomic mass is 10.3. The fourth-order valence-corrected chi connectivity index (χ4v) is 2.11. The molecule has 2 aromatic rings. The van der Waals surface area contributed by atoms with E-state index in [9.17, 15) is 9.59 Å². The molecule has 0 saturated carbocycles. The number of imidazole rings is 1. The maximum Gasteiger partial charge on any atom is 0.329 e. The minimum absolute atomic E-state index is 0.249. The zero-order chi connectivity index (χ0) is 14.9. The summed E-state index contributed by atoms with van der Waals surface area (Å²) in [4.78, 5) is 30.5. The molecule has 0 radical (unpaired) electrons. The van der Waals surface area contributed by atoms with E-state index in [2.05, 4.69) is 29.1 Å². The van der Waals surface area contributed by atoms with Gasteiger partial charge in [0.25, 0.3) is 5.56 Å². The Kier molecular flexibility index (Phi) is 3.96. The molecule has 2 heterocycles. The van der Waals surface area contributed by atoms with Crippen LogP contribution in [0, 0.1) is 0 Å². The van der Waals surface area contributed by atoms with Crippen molar-refractivity contribution < 1.29 is 0 Å². The largest absolute Gasteiger partial charge is 0.353 e. The molecule has 0 aliphatic carbocycles. The van der Waals surface area contributed by atoms with Crippen molar-refractivity contribution in [3.8, 4) is 0 Å². The number of aromatic nitrogens is 4. The molecule has 0 fully saturated rings. The van der Waals surface area contributed by atoms with Gasteiger partial charge in [0, 0.05) is 19.6 Å². The van der Waals surface area contributed by atoms with Crippen molar-refractivity contribution in [1.82, 2.24) is 19.1 Å². The highest BCUT2D eigenvalue weighted by Gasteiger charge is 2.17. The number of H-pyrrole nitrogens is 1. The van der Waals surface area contributed by atoms with Gasteiger partial charge in [-0.05, 0) is 19.8 Å². The van der Waals surface area contributed by atoms with Gasteiger partial charge in [-0.25, -0.2) is 4.79 Å². The number of hydrogen-bond acceptors (Lipinski definition) is 4. The van der Waals surface area contributed by atoms with Gasteiger partial charge in [0.1, 0.15) is 0 Å². The third kappa shape index (κ3) is 2.35. The average molecular weight is 279 g/mol. The van der Waals surface area contributed by atoms with E-state index in [1.807, 2.05) is 11.5 Å². The van der Waals surface area contributed by atoms with Crippen molar-refractivity contribution in [3.05, 3.63) is 20.8 Å². The summed E-state index contributed by atoms with van der Waals surface area (Å²) in [5.41, 5.74) is 0.0257. The van der Waals surface area contributed by atoms with Crippen LogP contribution >= 0.6 is 0 Å². The number of fused-ring (bicyclic) bond motifs is 1. The van der Waals surface area contributed by atoms with Crippen LogP contribution in [0.25, 0.3) is 11.2 Å². The van der Waals surface area contributed by atoms with E-state index in [0.29, 0.717) is 23.7 Å². The SMILES string of the molecule is CCCn1c(N[C@@H](C)CC)nc2c1c(=O)[nH]c(=O)n2C. The van der Waals surface area contributed by atoms with Crippen LogP contribution in [-0.2, 0) is 13.6 Å². The van der Waals surface area contributed by atoms with Gasteiger partial charge in [-0.15, -0.1) is 0 Å². The fourth-order valence-electron chi connectivity index (χ4n) is 2.11. The lowest BCUT2D eigenvalue weighted by molar-refractivity contribution is 0.677. The number of hydrogen-bond donors (Lipinski definition) is 2. The van der Waals surface area contributed by atoms with Crippen molar-refractivity contribution >= 4 is 17.1 Å². The van der Waals surface area contributed by atoms with E-state index in [1.165, 1.54) is 4.57 Å². The summed E-state index contributed by atoms with van der Waals surface area (Å²) in [6, 6.07) is 0.249. The Hall–Kier alpha value is -2.05.